The van der Waals surface area contributed by atoms with Crippen LogP contribution < -0.4 is 4.74 Å². The Kier molecular flexibility index (Phi) is 5.31. The highest BCUT2D eigenvalue weighted by atomic mass is 16.5. The Balaban J connectivity index is 2.58. The maximum Gasteiger partial charge on any atom is 0.193 e. The number of carbonyl (C=O) groups is 1. The van der Waals surface area contributed by atoms with Gasteiger partial charge in [0.1, 0.15) is 24.5 Å². The largest absolute Gasteiger partial charge is 0.488 e. The number of hydrogen-bond donors (Lipinski definition) is 1. The average Bonchev–Trinajstić information content (AvgIpc) is 2.37. The van der Waals surface area contributed by atoms with Gasteiger partial charge in [0.05, 0.1) is 20.6 Å². The smallest absolute Gasteiger partial charge is 0.193 e. The molecule has 0 atom stereocenters. The van der Waals surface area contributed by atoms with E-state index in [1.165, 1.54) is 13.8 Å². The van der Waals surface area contributed by atoms with Crippen LogP contribution in [0.3, 0.4) is 0 Å². The number of benzene rings is 1. The first-order valence-corrected chi connectivity index (χ1v) is 6.98. The highest BCUT2D eigenvalue weighted by Gasteiger charge is 2.24. The van der Waals surface area contributed by atoms with E-state index in [1.54, 1.807) is 24.3 Å². The summed E-state index contributed by atoms with van der Waals surface area (Å²) in [5.74, 6) is 0.459. The average molecular weight is 280 g/mol. The Morgan fingerprint density at radius 2 is 1.80 bits per heavy atom. The van der Waals surface area contributed by atoms with Crippen LogP contribution >= 0.6 is 0 Å². The quantitative estimate of drug-likeness (QED) is 0.614. The molecule has 0 saturated carbocycles. The third-order valence-corrected chi connectivity index (χ3v) is 3.49. The van der Waals surface area contributed by atoms with E-state index in [4.69, 9.17) is 4.74 Å². The first-order valence-electron chi connectivity index (χ1n) is 6.98. The fraction of sp³-hybridized carbons (Fsp3) is 0.562. The lowest BCUT2D eigenvalue weighted by Crippen LogP contribution is -2.42. The van der Waals surface area contributed by atoms with E-state index in [-0.39, 0.29) is 5.78 Å². The zero-order valence-electron chi connectivity index (χ0n) is 13.1. The standard InChI is InChI=1S/C16H26NO3/c1-6-17(4,5)11-12-20-14-9-7-13(8-10-14)15(18)16(2,3)19/h7-10,19H,6,11-12H2,1-5H3/q+1. The zero-order valence-corrected chi connectivity index (χ0v) is 13.1. The summed E-state index contributed by atoms with van der Waals surface area (Å²) in [6.45, 7) is 7.76. The number of carbonyl (C=O) groups excluding carboxylic acids is 1. The molecule has 0 saturated heterocycles. The molecule has 0 bridgehead atoms. The highest BCUT2D eigenvalue weighted by molar-refractivity contribution is 6.01. The van der Waals surface area contributed by atoms with Gasteiger partial charge in [-0.1, -0.05) is 0 Å². The molecule has 1 rings (SSSR count). The van der Waals surface area contributed by atoms with Gasteiger partial charge >= 0.3 is 0 Å². The van der Waals surface area contributed by atoms with E-state index < -0.39 is 5.60 Å². The SMILES string of the molecule is CC[N+](C)(C)CCOc1ccc(C(=O)C(C)(C)O)cc1. The predicted octanol–water partition coefficient (Wildman–Crippen LogP) is 2.12. The normalized spacial score (nSPS) is 12.3. The number of ketones is 1. The second-order valence-electron chi connectivity index (χ2n) is 6.24. The van der Waals surface area contributed by atoms with Crippen molar-refractivity contribution in [3.05, 3.63) is 29.8 Å². The molecule has 4 heteroatoms. The molecular weight excluding hydrogens is 254 g/mol. The molecule has 1 aromatic carbocycles. The molecule has 0 spiro atoms. The van der Waals surface area contributed by atoms with Gasteiger partial charge in [0.25, 0.3) is 0 Å². The summed E-state index contributed by atoms with van der Waals surface area (Å²) >= 11 is 0. The van der Waals surface area contributed by atoms with Crippen LogP contribution in [-0.2, 0) is 0 Å². The molecule has 20 heavy (non-hydrogen) atoms. The second-order valence-corrected chi connectivity index (χ2v) is 6.24. The highest BCUT2D eigenvalue weighted by Crippen LogP contribution is 2.17. The van der Waals surface area contributed by atoms with Crippen molar-refractivity contribution < 1.29 is 19.1 Å². The summed E-state index contributed by atoms with van der Waals surface area (Å²) in [5.41, 5.74) is -0.847. The minimum atomic E-state index is -1.34. The van der Waals surface area contributed by atoms with Crippen LogP contribution in [0.2, 0.25) is 0 Å². The van der Waals surface area contributed by atoms with Crippen molar-refractivity contribution >= 4 is 5.78 Å². The van der Waals surface area contributed by atoms with Crippen molar-refractivity contribution in [2.24, 2.45) is 0 Å². The number of nitrogens with zero attached hydrogens (tertiary/aromatic N) is 1. The summed E-state index contributed by atoms with van der Waals surface area (Å²) in [7, 11) is 4.32. The van der Waals surface area contributed by atoms with Crippen molar-refractivity contribution in [1.29, 1.82) is 0 Å². The molecule has 112 valence electrons. The van der Waals surface area contributed by atoms with Gasteiger partial charge in [-0.3, -0.25) is 4.79 Å². The van der Waals surface area contributed by atoms with Crippen molar-refractivity contribution in [3.8, 4) is 5.75 Å². The van der Waals surface area contributed by atoms with Crippen molar-refractivity contribution in [2.45, 2.75) is 26.4 Å². The molecule has 0 heterocycles. The number of rotatable bonds is 7. The zero-order chi connectivity index (χ0) is 15.4. The monoisotopic (exact) mass is 280 g/mol. The molecule has 0 aliphatic rings. The van der Waals surface area contributed by atoms with Crippen LogP contribution in [-0.4, -0.2) is 54.8 Å². The number of Topliss-reactive ketones (excluding diaryl/α,β-unsaturated/α-hetero) is 1. The van der Waals surface area contributed by atoms with E-state index in [2.05, 4.69) is 21.0 Å². The van der Waals surface area contributed by atoms with Gasteiger partial charge in [-0.2, -0.15) is 0 Å². The summed E-state index contributed by atoms with van der Waals surface area (Å²) < 4.78 is 6.59. The Bertz CT molecular complexity index is 444. The van der Waals surface area contributed by atoms with Crippen LogP contribution in [0.15, 0.2) is 24.3 Å². The molecule has 0 aliphatic heterocycles. The van der Waals surface area contributed by atoms with E-state index in [9.17, 15) is 9.90 Å². The van der Waals surface area contributed by atoms with Crippen LogP contribution in [0.25, 0.3) is 0 Å². The van der Waals surface area contributed by atoms with Crippen molar-refractivity contribution in [3.63, 3.8) is 0 Å². The number of likely N-dealkylation sites (N-methyl/N-ethyl adjacent to an activating group) is 1. The summed E-state index contributed by atoms with van der Waals surface area (Å²) in [5, 5.41) is 9.68. The van der Waals surface area contributed by atoms with Crippen LogP contribution in [0.5, 0.6) is 5.75 Å². The Morgan fingerprint density at radius 1 is 1.25 bits per heavy atom. The maximum atomic E-state index is 11.9. The molecule has 0 radical (unpaired) electrons. The van der Waals surface area contributed by atoms with Crippen molar-refractivity contribution in [1.82, 2.24) is 0 Å². The minimum Gasteiger partial charge on any atom is -0.488 e. The number of hydrogen-bond acceptors (Lipinski definition) is 3. The molecule has 4 nitrogen and oxygen atoms in total. The lowest BCUT2D eigenvalue weighted by Gasteiger charge is -2.27. The van der Waals surface area contributed by atoms with Gasteiger partial charge in [-0.15, -0.1) is 0 Å². The van der Waals surface area contributed by atoms with Crippen LogP contribution in [0.4, 0.5) is 0 Å². The molecule has 0 aromatic heterocycles. The molecule has 1 aromatic rings. The van der Waals surface area contributed by atoms with Gasteiger partial charge in [0, 0.05) is 5.56 Å². The van der Waals surface area contributed by atoms with Gasteiger partial charge in [-0.25, -0.2) is 0 Å². The van der Waals surface area contributed by atoms with Crippen LogP contribution in [0, 0.1) is 0 Å². The third-order valence-electron chi connectivity index (χ3n) is 3.49. The Morgan fingerprint density at radius 3 is 2.25 bits per heavy atom. The second kappa shape index (κ2) is 6.37. The van der Waals surface area contributed by atoms with Gasteiger partial charge in [-0.05, 0) is 45.0 Å². The van der Waals surface area contributed by atoms with Gasteiger partial charge in [0.15, 0.2) is 5.78 Å². The van der Waals surface area contributed by atoms with E-state index >= 15 is 0 Å². The maximum absolute atomic E-state index is 11.9. The molecule has 0 amide bonds. The molecule has 1 N–H and O–H groups in total. The van der Waals surface area contributed by atoms with Gasteiger partial charge in [0.2, 0.25) is 0 Å². The first-order chi connectivity index (χ1) is 9.15. The molecule has 0 fully saturated rings. The lowest BCUT2D eigenvalue weighted by atomic mass is 9.97. The fourth-order valence-corrected chi connectivity index (χ4v) is 1.62. The van der Waals surface area contributed by atoms with E-state index in [1.807, 2.05) is 0 Å². The Labute approximate surface area is 121 Å². The number of quaternary nitrogens is 1. The number of aliphatic hydroxyl groups is 1. The lowest BCUT2D eigenvalue weighted by molar-refractivity contribution is -0.888. The topological polar surface area (TPSA) is 46.5 Å². The number of ether oxygens (including phenoxy) is 1. The molecule has 0 unspecified atom stereocenters. The van der Waals surface area contributed by atoms with E-state index in [0.717, 1.165) is 23.3 Å². The third kappa shape index (κ3) is 4.94. The Hall–Kier alpha value is -1.39. The summed E-state index contributed by atoms with van der Waals surface area (Å²) in [4.78, 5) is 11.9. The first kappa shape index (κ1) is 16.7. The summed E-state index contributed by atoms with van der Waals surface area (Å²) in [6.07, 6.45) is 0. The van der Waals surface area contributed by atoms with Crippen molar-refractivity contribution in [2.75, 3.05) is 33.8 Å². The van der Waals surface area contributed by atoms with Crippen LogP contribution in [0.1, 0.15) is 31.1 Å². The van der Waals surface area contributed by atoms with Gasteiger partial charge < -0.3 is 14.3 Å². The molecule has 0 aliphatic carbocycles. The fourth-order valence-electron chi connectivity index (χ4n) is 1.62. The van der Waals surface area contributed by atoms with E-state index in [0.29, 0.717) is 12.2 Å². The summed E-state index contributed by atoms with van der Waals surface area (Å²) in [6, 6.07) is 6.92. The molecular formula is C16H26NO3+. The predicted molar refractivity (Wildman–Crippen MR) is 80.1 cm³/mol. The minimum absolute atomic E-state index is 0.284.